The van der Waals surface area contributed by atoms with E-state index in [0.717, 1.165) is 36.3 Å². The zero-order valence-corrected chi connectivity index (χ0v) is 20.9. The molecule has 8 nitrogen and oxygen atoms in total. The van der Waals surface area contributed by atoms with E-state index in [0.29, 0.717) is 30.5 Å². The molecule has 8 heteroatoms. The molecule has 3 aromatic rings. The fourth-order valence-corrected chi connectivity index (χ4v) is 4.24. The minimum Gasteiger partial charge on any atom is -0.493 e. The first kappa shape index (κ1) is 24.6. The number of aromatic nitrogens is 2. The Morgan fingerprint density at radius 1 is 1.17 bits per heavy atom. The Morgan fingerprint density at radius 3 is 2.54 bits per heavy atom. The van der Waals surface area contributed by atoms with Crippen LogP contribution in [0.3, 0.4) is 0 Å². The molecule has 1 aliphatic rings. The van der Waals surface area contributed by atoms with Crippen molar-refractivity contribution in [2.24, 2.45) is 7.05 Å². The number of methoxy groups -OCH3 is 1. The quantitative estimate of drug-likeness (QED) is 0.469. The first-order chi connectivity index (χ1) is 17.0. The molecule has 2 heterocycles. The van der Waals surface area contributed by atoms with Gasteiger partial charge in [-0.3, -0.25) is 0 Å². The van der Waals surface area contributed by atoms with Gasteiger partial charge in [-0.15, -0.1) is 0 Å². The summed E-state index contributed by atoms with van der Waals surface area (Å²) in [6.45, 7) is 5.46. The standard InChI is InChI=1S/C27H34N4O4/c1-19(2)28-27(32)31(17-21-13-10-16-34-21)18-22-25(20-11-6-5-7-12-20)29-30(3)26(22)35-24-15-9-8-14-23(24)33-4/h5-9,11-12,14-15,19,21H,10,13,16-18H2,1-4H3,(H,28,32)/t21-/m1/s1. The SMILES string of the molecule is COc1ccccc1Oc1c(CN(C[C@H]2CCCO2)C(=O)NC(C)C)c(-c2ccccc2)nn1C. The lowest BCUT2D eigenvalue weighted by Gasteiger charge is -2.27. The number of ether oxygens (including phenoxy) is 3. The molecule has 1 aliphatic heterocycles. The Morgan fingerprint density at radius 2 is 1.89 bits per heavy atom. The molecule has 4 rings (SSSR count). The summed E-state index contributed by atoms with van der Waals surface area (Å²) in [6, 6.07) is 17.3. The monoisotopic (exact) mass is 478 g/mol. The van der Waals surface area contributed by atoms with Crippen LogP contribution < -0.4 is 14.8 Å². The molecule has 0 aliphatic carbocycles. The molecule has 0 spiro atoms. The third-order valence-corrected chi connectivity index (χ3v) is 5.91. The van der Waals surface area contributed by atoms with Crippen LogP contribution in [0.4, 0.5) is 4.79 Å². The fourth-order valence-electron chi connectivity index (χ4n) is 4.24. The van der Waals surface area contributed by atoms with Gasteiger partial charge in [0.15, 0.2) is 11.5 Å². The van der Waals surface area contributed by atoms with Gasteiger partial charge in [-0.05, 0) is 38.8 Å². The smallest absolute Gasteiger partial charge is 0.317 e. The van der Waals surface area contributed by atoms with E-state index in [9.17, 15) is 4.79 Å². The number of hydrogen-bond acceptors (Lipinski definition) is 5. The molecule has 1 saturated heterocycles. The average molecular weight is 479 g/mol. The lowest BCUT2D eigenvalue weighted by atomic mass is 10.1. The number of amides is 2. The van der Waals surface area contributed by atoms with Crippen molar-refractivity contribution in [3.05, 3.63) is 60.2 Å². The first-order valence-electron chi connectivity index (χ1n) is 12.1. The zero-order valence-electron chi connectivity index (χ0n) is 20.9. The number of carbonyl (C=O) groups excluding carboxylic acids is 1. The number of aryl methyl sites for hydroxylation is 1. The first-order valence-corrected chi connectivity index (χ1v) is 12.1. The molecule has 1 aromatic heterocycles. The summed E-state index contributed by atoms with van der Waals surface area (Å²) in [5.74, 6) is 1.76. The number of carbonyl (C=O) groups is 1. The third kappa shape index (κ3) is 5.95. The van der Waals surface area contributed by atoms with Crippen molar-refractivity contribution < 1.29 is 19.0 Å². The highest BCUT2D eigenvalue weighted by molar-refractivity contribution is 5.75. The Hall–Kier alpha value is -3.52. The maximum Gasteiger partial charge on any atom is 0.317 e. The summed E-state index contributed by atoms with van der Waals surface area (Å²) in [5, 5.41) is 7.83. The number of rotatable bonds is 9. The van der Waals surface area contributed by atoms with Gasteiger partial charge in [0, 0.05) is 31.8 Å². The van der Waals surface area contributed by atoms with Gasteiger partial charge in [-0.1, -0.05) is 42.5 Å². The largest absolute Gasteiger partial charge is 0.493 e. The topological polar surface area (TPSA) is 77.8 Å². The van der Waals surface area contributed by atoms with E-state index in [1.165, 1.54) is 0 Å². The molecule has 0 bridgehead atoms. The minimum atomic E-state index is -0.137. The van der Waals surface area contributed by atoms with Gasteiger partial charge in [0.1, 0.15) is 5.69 Å². The maximum atomic E-state index is 13.2. The number of hydrogen-bond donors (Lipinski definition) is 1. The number of nitrogens with zero attached hydrogens (tertiary/aromatic N) is 3. The summed E-state index contributed by atoms with van der Waals surface area (Å²) in [5.41, 5.74) is 2.54. The van der Waals surface area contributed by atoms with E-state index in [2.05, 4.69) is 5.32 Å². The third-order valence-electron chi connectivity index (χ3n) is 5.91. The van der Waals surface area contributed by atoms with Crippen molar-refractivity contribution in [2.75, 3.05) is 20.3 Å². The van der Waals surface area contributed by atoms with Crippen molar-refractivity contribution >= 4 is 6.03 Å². The van der Waals surface area contributed by atoms with Crippen molar-refractivity contribution in [1.29, 1.82) is 0 Å². The van der Waals surface area contributed by atoms with E-state index < -0.39 is 0 Å². The van der Waals surface area contributed by atoms with E-state index in [1.807, 2.05) is 75.5 Å². The zero-order chi connectivity index (χ0) is 24.8. The van der Waals surface area contributed by atoms with Gasteiger partial charge in [0.25, 0.3) is 0 Å². The van der Waals surface area contributed by atoms with Crippen LogP contribution in [0, 0.1) is 0 Å². The minimum absolute atomic E-state index is 0.0151. The molecule has 1 atom stereocenters. The highest BCUT2D eigenvalue weighted by atomic mass is 16.5. The van der Waals surface area contributed by atoms with Gasteiger partial charge in [0.05, 0.1) is 25.3 Å². The summed E-state index contributed by atoms with van der Waals surface area (Å²) < 4.78 is 19.5. The summed E-state index contributed by atoms with van der Waals surface area (Å²) in [7, 11) is 3.46. The van der Waals surface area contributed by atoms with Crippen LogP contribution in [0.15, 0.2) is 54.6 Å². The van der Waals surface area contributed by atoms with E-state index in [1.54, 1.807) is 16.7 Å². The van der Waals surface area contributed by atoms with Gasteiger partial charge in [-0.2, -0.15) is 5.10 Å². The van der Waals surface area contributed by atoms with Crippen molar-refractivity contribution in [1.82, 2.24) is 20.0 Å². The van der Waals surface area contributed by atoms with Crippen LogP contribution in [0.5, 0.6) is 17.4 Å². The molecule has 2 amide bonds. The summed E-state index contributed by atoms with van der Waals surface area (Å²) >= 11 is 0. The second-order valence-electron chi connectivity index (χ2n) is 8.99. The molecule has 186 valence electrons. The van der Waals surface area contributed by atoms with Gasteiger partial charge in [0.2, 0.25) is 5.88 Å². The number of nitrogens with one attached hydrogen (secondary N) is 1. The van der Waals surface area contributed by atoms with E-state index in [-0.39, 0.29) is 18.2 Å². The number of urea groups is 1. The molecule has 0 saturated carbocycles. The number of para-hydroxylation sites is 2. The summed E-state index contributed by atoms with van der Waals surface area (Å²) in [6.07, 6.45) is 1.96. The molecular weight excluding hydrogens is 444 g/mol. The van der Waals surface area contributed by atoms with E-state index >= 15 is 0 Å². The highest BCUT2D eigenvalue weighted by Crippen LogP contribution is 2.37. The maximum absolute atomic E-state index is 13.2. The molecule has 35 heavy (non-hydrogen) atoms. The van der Waals surface area contributed by atoms with E-state index in [4.69, 9.17) is 19.3 Å². The van der Waals surface area contributed by atoms with Gasteiger partial charge >= 0.3 is 6.03 Å². The molecule has 1 N–H and O–H groups in total. The fraction of sp³-hybridized carbons (Fsp3) is 0.407. The Kier molecular flexibility index (Phi) is 7.92. The highest BCUT2D eigenvalue weighted by Gasteiger charge is 2.28. The average Bonchev–Trinajstić information content (AvgIpc) is 3.47. The molecule has 1 fully saturated rings. The van der Waals surface area contributed by atoms with Crippen LogP contribution in [0.2, 0.25) is 0 Å². The van der Waals surface area contributed by atoms with Crippen molar-refractivity contribution in [3.63, 3.8) is 0 Å². The Balaban J connectivity index is 1.75. The predicted octanol–water partition coefficient (Wildman–Crippen LogP) is 4.99. The Labute approximate surface area is 206 Å². The Bertz CT molecular complexity index is 1120. The van der Waals surface area contributed by atoms with Crippen LogP contribution >= 0.6 is 0 Å². The predicted molar refractivity (Wildman–Crippen MR) is 135 cm³/mol. The molecule has 0 unspecified atom stereocenters. The molecular formula is C27H34N4O4. The van der Waals surface area contributed by atoms with Crippen molar-refractivity contribution in [2.45, 2.75) is 45.4 Å². The second kappa shape index (κ2) is 11.3. The van der Waals surface area contributed by atoms with Gasteiger partial charge in [-0.25, -0.2) is 9.48 Å². The van der Waals surface area contributed by atoms with Crippen LogP contribution in [-0.2, 0) is 18.3 Å². The molecule has 0 radical (unpaired) electrons. The lowest BCUT2D eigenvalue weighted by molar-refractivity contribution is 0.0789. The lowest BCUT2D eigenvalue weighted by Crippen LogP contribution is -2.45. The van der Waals surface area contributed by atoms with Crippen LogP contribution in [0.25, 0.3) is 11.3 Å². The molecule has 2 aromatic carbocycles. The number of benzene rings is 2. The van der Waals surface area contributed by atoms with Gasteiger partial charge < -0.3 is 24.4 Å². The second-order valence-corrected chi connectivity index (χ2v) is 8.99. The van der Waals surface area contributed by atoms with Crippen LogP contribution in [-0.4, -0.2) is 53.1 Å². The normalized spacial score (nSPS) is 15.3. The van der Waals surface area contributed by atoms with Crippen LogP contribution in [0.1, 0.15) is 32.3 Å². The summed E-state index contributed by atoms with van der Waals surface area (Å²) in [4.78, 5) is 15.0. The van der Waals surface area contributed by atoms with Crippen molar-refractivity contribution in [3.8, 4) is 28.6 Å².